The summed E-state index contributed by atoms with van der Waals surface area (Å²) in [5.74, 6) is 0. The smallest absolute Gasteiger partial charge is 0.0166 e. The third kappa shape index (κ3) is 4.43. The highest BCUT2D eigenvalue weighted by Gasteiger charge is 2.28. The molecule has 84 valence electrons. The Morgan fingerprint density at radius 2 is 2.00 bits per heavy atom. The summed E-state index contributed by atoms with van der Waals surface area (Å²) in [7, 11) is 0. The molecule has 14 heavy (non-hydrogen) atoms. The Hall–Kier alpha value is -0.0800. The van der Waals surface area contributed by atoms with Gasteiger partial charge >= 0.3 is 0 Å². The van der Waals surface area contributed by atoms with Crippen molar-refractivity contribution in [1.29, 1.82) is 0 Å². The van der Waals surface area contributed by atoms with Crippen LogP contribution in [0.25, 0.3) is 0 Å². The summed E-state index contributed by atoms with van der Waals surface area (Å²) in [4.78, 5) is 2.66. The second kappa shape index (κ2) is 6.41. The minimum absolute atomic E-state index is 0.655. The van der Waals surface area contributed by atoms with Crippen LogP contribution in [0.15, 0.2) is 0 Å². The highest BCUT2D eigenvalue weighted by Crippen LogP contribution is 2.26. The Kier molecular flexibility index (Phi) is 5.49. The molecule has 2 nitrogen and oxygen atoms in total. The second-order valence-electron chi connectivity index (χ2n) is 4.58. The van der Waals surface area contributed by atoms with Crippen LogP contribution in [0.1, 0.15) is 46.5 Å². The zero-order valence-electron chi connectivity index (χ0n) is 10.1. The molecule has 1 unspecified atom stereocenters. The maximum Gasteiger partial charge on any atom is 0.0166 e. The summed E-state index contributed by atoms with van der Waals surface area (Å²) < 4.78 is 0. The predicted molar refractivity (Wildman–Crippen MR) is 62.6 cm³/mol. The third-order valence-corrected chi connectivity index (χ3v) is 2.83. The van der Waals surface area contributed by atoms with Crippen LogP contribution in [0.3, 0.4) is 0 Å². The molecular formula is C12H26N2. The van der Waals surface area contributed by atoms with Gasteiger partial charge in [-0.15, -0.1) is 0 Å². The number of nitrogens with zero attached hydrogens (tertiary/aromatic N) is 1. The van der Waals surface area contributed by atoms with E-state index in [0.29, 0.717) is 6.04 Å². The first kappa shape index (κ1) is 12.0. The van der Waals surface area contributed by atoms with Crippen LogP contribution in [-0.2, 0) is 0 Å². The van der Waals surface area contributed by atoms with Crippen molar-refractivity contribution in [1.82, 2.24) is 10.2 Å². The van der Waals surface area contributed by atoms with Gasteiger partial charge in [0.15, 0.2) is 0 Å². The van der Waals surface area contributed by atoms with Gasteiger partial charge in [-0.1, -0.05) is 13.8 Å². The number of nitrogens with one attached hydrogen (secondary N) is 1. The molecular weight excluding hydrogens is 172 g/mol. The maximum absolute atomic E-state index is 3.56. The monoisotopic (exact) mass is 198 g/mol. The van der Waals surface area contributed by atoms with Crippen LogP contribution in [0.4, 0.5) is 0 Å². The molecule has 0 spiro atoms. The van der Waals surface area contributed by atoms with Crippen LogP contribution in [0.5, 0.6) is 0 Å². The number of rotatable bonds is 8. The molecule has 1 atom stereocenters. The van der Waals surface area contributed by atoms with Gasteiger partial charge in [-0.25, -0.2) is 0 Å². The normalized spacial score (nSPS) is 18.9. The van der Waals surface area contributed by atoms with E-state index in [4.69, 9.17) is 0 Å². The van der Waals surface area contributed by atoms with Gasteiger partial charge < -0.3 is 5.32 Å². The predicted octanol–water partition coefficient (Wildman–Crippen LogP) is 2.25. The molecule has 1 aliphatic rings. The van der Waals surface area contributed by atoms with E-state index < -0.39 is 0 Å². The first-order chi connectivity index (χ1) is 6.77. The van der Waals surface area contributed by atoms with E-state index in [-0.39, 0.29) is 0 Å². The van der Waals surface area contributed by atoms with Crippen molar-refractivity contribution in [2.24, 2.45) is 0 Å². The minimum Gasteiger partial charge on any atom is -0.313 e. The summed E-state index contributed by atoms with van der Waals surface area (Å²) in [6.45, 7) is 10.5. The minimum atomic E-state index is 0.655. The zero-order valence-corrected chi connectivity index (χ0v) is 10.1. The van der Waals surface area contributed by atoms with Crippen LogP contribution in [-0.4, -0.2) is 36.6 Å². The van der Waals surface area contributed by atoms with Gasteiger partial charge in [0.25, 0.3) is 0 Å². The molecule has 0 aromatic heterocycles. The lowest BCUT2D eigenvalue weighted by Crippen LogP contribution is -2.40. The standard InChI is InChI=1S/C12H26N2/c1-4-8-13-11(3)10-14(9-5-2)12-6-7-12/h11-13H,4-10H2,1-3H3. The molecule has 1 rings (SSSR count). The Balaban J connectivity index is 2.16. The topological polar surface area (TPSA) is 15.3 Å². The number of hydrogen-bond acceptors (Lipinski definition) is 2. The molecule has 1 fully saturated rings. The van der Waals surface area contributed by atoms with Crippen molar-refractivity contribution < 1.29 is 0 Å². The van der Waals surface area contributed by atoms with Gasteiger partial charge in [0, 0.05) is 18.6 Å². The van der Waals surface area contributed by atoms with Gasteiger partial charge in [0.2, 0.25) is 0 Å². The largest absolute Gasteiger partial charge is 0.313 e. The molecule has 0 radical (unpaired) electrons. The lowest BCUT2D eigenvalue weighted by Gasteiger charge is -2.25. The van der Waals surface area contributed by atoms with Gasteiger partial charge in [0.05, 0.1) is 0 Å². The van der Waals surface area contributed by atoms with Gasteiger partial charge in [-0.2, -0.15) is 0 Å². The van der Waals surface area contributed by atoms with Crippen molar-refractivity contribution in [3.8, 4) is 0 Å². The van der Waals surface area contributed by atoms with Crippen LogP contribution >= 0.6 is 0 Å². The van der Waals surface area contributed by atoms with Gasteiger partial charge in [-0.3, -0.25) is 4.90 Å². The molecule has 0 aliphatic heterocycles. The van der Waals surface area contributed by atoms with Crippen LogP contribution < -0.4 is 5.32 Å². The van der Waals surface area contributed by atoms with Crippen LogP contribution in [0.2, 0.25) is 0 Å². The Labute approximate surface area is 89.1 Å². The first-order valence-corrected chi connectivity index (χ1v) is 6.25. The second-order valence-corrected chi connectivity index (χ2v) is 4.58. The van der Waals surface area contributed by atoms with Crippen LogP contribution in [0, 0.1) is 0 Å². The van der Waals surface area contributed by atoms with E-state index >= 15 is 0 Å². The number of hydrogen-bond donors (Lipinski definition) is 1. The first-order valence-electron chi connectivity index (χ1n) is 6.25. The molecule has 0 bridgehead atoms. The molecule has 0 aromatic carbocycles. The third-order valence-electron chi connectivity index (χ3n) is 2.83. The average molecular weight is 198 g/mol. The van der Waals surface area contributed by atoms with Crippen molar-refractivity contribution in [3.05, 3.63) is 0 Å². The summed E-state index contributed by atoms with van der Waals surface area (Å²) >= 11 is 0. The summed E-state index contributed by atoms with van der Waals surface area (Å²) in [6.07, 6.45) is 5.39. The van der Waals surface area contributed by atoms with Gasteiger partial charge in [-0.05, 0) is 45.7 Å². The van der Waals surface area contributed by atoms with Crippen molar-refractivity contribution in [3.63, 3.8) is 0 Å². The molecule has 0 amide bonds. The fourth-order valence-corrected chi connectivity index (χ4v) is 1.96. The van der Waals surface area contributed by atoms with Gasteiger partial charge in [0.1, 0.15) is 0 Å². The molecule has 2 heteroatoms. The zero-order chi connectivity index (χ0) is 10.4. The molecule has 0 saturated heterocycles. The highest BCUT2D eigenvalue weighted by molar-refractivity contribution is 4.85. The van der Waals surface area contributed by atoms with E-state index in [0.717, 1.165) is 12.6 Å². The molecule has 0 heterocycles. The lowest BCUT2D eigenvalue weighted by molar-refractivity contribution is 0.238. The summed E-state index contributed by atoms with van der Waals surface area (Å²) in [6, 6.07) is 1.57. The lowest BCUT2D eigenvalue weighted by atomic mass is 10.2. The van der Waals surface area contributed by atoms with E-state index in [1.807, 2.05) is 0 Å². The van der Waals surface area contributed by atoms with E-state index in [1.165, 1.54) is 38.8 Å². The average Bonchev–Trinajstić information content (AvgIpc) is 2.97. The SMILES string of the molecule is CCCNC(C)CN(CCC)C1CC1. The van der Waals surface area contributed by atoms with E-state index in [1.54, 1.807) is 0 Å². The highest BCUT2D eigenvalue weighted by atomic mass is 15.2. The summed E-state index contributed by atoms with van der Waals surface area (Å²) in [5, 5.41) is 3.56. The molecule has 1 N–H and O–H groups in total. The van der Waals surface area contributed by atoms with Crippen molar-refractivity contribution in [2.75, 3.05) is 19.6 Å². The Bertz CT molecular complexity index is 143. The molecule has 0 aromatic rings. The maximum atomic E-state index is 3.56. The van der Waals surface area contributed by atoms with E-state index in [9.17, 15) is 0 Å². The fourth-order valence-electron chi connectivity index (χ4n) is 1.96. The fraction of sp³-hybridized carbons (Fsp3) is 1.00. The van der Waals surface area contributed by atoms with Crippen molar-refractivity contribution in [2.45, 2.75) is 58.5 Å². The Morgan fingerprint density at radius 1 is 1.29 bits per heavy atom. The molecule has 1 aliphatic carbocycles. The Morgan fingerprint density at radius 3 is 2.50 bits per heavy atom. The quantitative estimate of drug-likeness (QED) is 0.643. The van der Waals surface area contributed by atoms with E-state index in [2.05, 4.69) is 31.0 Å². The summed E-state index contributed by atoms with van der Waals surface area (Å²) in [5.41, 5.74) is 0. The molecule has 1 saturated carbocycles. The van der Waals surface area contributed by atoms with Crippen molar-refractivity contribution >= 4 is 0 Å².